The minimum Gasteiger partial charge on any atom is -0.497 e. The summed E-state index contributed by atoms with van der Waals surface area (Å²) in [5, 5.41) is 12.6. The zero-order valence-electron chi connectivity index (χ0n) is 19.0. The summed E-state index contributed by atoms with van der Waals surface area (Å²) < 4.78 is 5.39. The third-order valence-corrected chi connectivity index (χ3v) is 7.29. The number of thiophene rings is 1. The Morgan fingerprint density at radius 3 is 3.00 bits per heavy atom. The number of fused-ring (bicyclic) bond motifs is 1. The first-order chi connectivity index (χ1) is 16.1. The number of methoxy groups -OCH3 is 1. The van der Waals surface area contributed by atoms with Crippen LogP contribution in [-0.2, 0) is 11.2 Å². The fraction of sp³-hybridized carbons (Fsp3) is 0.407. The molecule has 172 valence electrons. The number of piperidine rings is 1. The van der Waals surface area contributed by atoms with Crippen LogP contribution in [0.1, 0.15) is 36.1 Å². The van der Waals surface area contributed by atoms with Crippen LogP contribution < -0.4 is 4.74 Å². The molecule has 33 heavy (non-hydrogen) atoms. The molecule has 3 aromatic rings. The Kier molecular flexibility index (Phi) is 7.98. The normalized spacial score (nSPS) is 18.6. The van der Waals surface area contributed by atoms with Gasteiger partial charge < -0.3 is 9.84 Å². The SMILES string of the molecule is COc1ccc2nccc(CCC[C@@H]3CCN(CC#Cc4cccs4)C[C@@H]3CC(=O)O)c2c1. The zero-order valence-corrected chi connectivity index (χ0v) is 19.8. The summed E-state index contributed by atoms with van der Waals surface area (Å²) in [5.74, 6) is 7.22. The summed E-state index contributed by atoms with van der Waals surface area (Å²) in [6.07, 6.45) is 6.17. The number of aliphatic carboxylic acids is 1. The van der Waals surface area contributed by atoms with Gasteiger partial charge in [-0.15, -0.1) is 11.3 Å². The maximum Gasteiger partial charge on any atom is 0.303 e. The number of carbonyl (C=O) groups is 1. The fourth-order valence-electron chi connectivity index (χ4n) is 4.81. The van der Waals surface area contributed by atoms with E-state index in [0.29, 0.717) is 12.5 Å². The van der Waals surface area contributed by atoms with Crippen molar-refractivity contribution >= 4 is 28.2 Å². The van der Waals surface area contributed by atoms with Crippen molar-refractivity contribution in [2.75, 3.05) is 26.7 Å². The number of aromatic nitrogens is 1. The fourth-order valence-corrected chi connectivity index (χ4v) is 5.40. The Balaban J connectivity index is 1.35. The number of hydrogen-bond donors (Lipinski definition) is 1. The molecule has 0 bridgehead atoms. The Bertz CT molecular complexity index is 1130. The Labute approximate surface area is 199 Å². The molecule has 0 spiro atoms. The minimum absolute atomic E-state index is 0.175. The lowest BCUT2D eigenvalue weighted by atomic mass is 9.80. The molecule has 0 amide bonds. The molecule has 0 radical (unpaired) electrons. The van der Waals surface area contributed by atoms with Crippen molar-refractivity contribution in [1.29, 1.82) is 0 Å². The van der Waals surface area contributed by atoms with E-state index in [1.54, 1.807) is 18.4 Å². The van der Waals surface area contributed by atoms with Gasteiger partial charge in [-0.1, -0.05) is 17.9 Å². The largest absolute Gasteiger partial charge is 0.497 e. The number of pyridine rings is 1. The van der Waals surface area contributed by atoms with Gasteiger partial charge in [0.05, 0.1) is 24.0 Å². The van der Waals surface area contributed by atoms with Crippen LogP contribution in [-0.4, -0.2) is 47.7 Å². The molecule has 1 fully saturated rings. The molecule has 3 heterocycles. The lowest BCUT2D eigenvalue weighted by Crippen LogP contribution is -2.41. The van der Waals surface area contributed by atoms with E-state index < -0.39 is 5.97 Å². The summed E-state index contributed by atoms with van der Waals surface area (Å²) in [6.45, 7) is 2.49. The highest BCUT2D eigenvalue weighted by molar-refractivity contribution is 7.10. The molecular weight excluding hydrogens is 432 g/mol. The first-order valence-corrected chi connectivity index (χ1v) is 12.4. The van der Waals surface area contributed by atoms with Crippen molar-refractivity contribution in [2.45, 2.75) is 32.1 Å². The van der Waals surface area contributed by atoms with Crippen LogP contribution in [0.5, 0.6) is 5.75 Å². The van der Waals surface area contributed by atoms with Gasteiger partial charge in [0.1, 0.15) is 5.75 Å². The zero-order chi connectivity index (χ0) is 23.0. The van der Waals surface area contributed by atoms with Crippen molar-refractivity contribution in [2.24, 2.45) is 11.8 Å². The van der Waals surface area contributed by atoms with Crippen molar-refractivity contribution in [3.8, 4) is 17.6 Å². The second kappa shape index (κ2) is 11.3. The number of benzene rings is 1. The summed E-state index contributed by atoms with van der Waals surface area (Å²) >= 11 is 1.65. The Morgan fingerprint density at radius 2 is 2.21 bits per heavy atom. The quantitative estimate of drug-likeness (QED) is 0.473. The van der Waals surface area contributed by atoms with Crippen molar-refractivity contribution < 1.29 is 14.6 Å². The second-order valence-corrected chi connectivity index (χ2v) is 9.61. The minimum atomic E-state index is -0.705. The Hall–Kier alpha value is -2.88. The van der Waals surface area contributed by atoms with E-state index in [2.05, 4.69) is 33.9 Å². The molecule has 1 aliphatic rings. The predicted octanol–water partition coefficient (Wildman–Crippen LogP) is 5.09. The number of ether oxygens (including phenoxy) is 1. The number of aryl methyl sites for hydroxylation is 1. The van der Waals surface area contributed by atoms with Crippen LogP contribution in [0, 0.1) is 23.7 Å². The molecule has 5 nitrogen and oxygen atoms in total. The van der Waals surface area contributed by atoms with Crippen molar-refractivity contribution in [3.63, 3.8) is 0 Å². The molecule has 2 aromatic heterocycles. The van der Waals surface area contributed by atoms with Crippen molar-refractivity contribution in [1.82, 2.24) is 9.88 Å². The van der Waals surface area contributed by atoms with Gasteiger partial charge in [-0.3, -0.25) is 14.7 Å². The highest BCUT2D eigenvalue weighted by Gasteiger charge is 2.30. The van der Waals surface area contributed by atoms with E-state index in [1.807, 2.05) is 35.8 Å². The topological polar surface area (TPSA) is 62.7 Å². The third kappa shape index (κ3) is 6.34. The Morgan fingerprint density at radius 1 is 1.30 bits per heavy atom. The highest BCUT2D eigenvalue weighted by atomic mass is 32.1. The van der Waals surface area contributed by atoms with Crippen LogP contribution in [0.25, 0.3) is 10.9 Å². The van der Waals surface area contributed by atoms with E-state index in [9.17, 15) is 9.90 Å². The standard InChI is InChI=1S/C27H30N2O3S/c1-32-23-9-10-26-25(18-23)21(11-13-28-26)6-2-5-20-12-15-29(19-22(20)17-27(30)31)14-3-7-24-8-4-16-33-24/h4,8-11,13,16,18,20,22H,2,5-6,12,14-15,17,19H2,1H3,(H,30,31)/t20-,22+/m1/s1. The molecule has 2 atom stereocenters. The average Bonchev–Trinajstić information content (AvgIpc) is 3.33. The van der Waals surface area contributed by atoms with E-state index in [0.717, 1.165) is 60.3 Å². The van der Waals surface area contributed by atoms with Gasteiger partial charge in [0.25, 0.3) is 0 Å². The molecule has 0 saturated carbocycles. The van der Waals surface area contributed by atoms with Gasteiger partial charge in [-0.05, 0) is 85.3 Å². The van der Waals surface area contributed by atoms with Crippen molar-refractivity contribution in [3.05, 3.63) is 58.4 Å². The molecular formula is C27H30N2O3S. The molecule has 4 rings (SSSR count). The van der Waals surface area contributed by atoms with E-state index in [1.165, 1.54) is 5.56 Å². The predicted molar refractivity (Wildman–Crippen MR) is 133 cm³/mol. The number of nitrogens with zero attached hydrogens (tertiary/aromatic N) is 2. The number of carboxylic acids is 1. The van der Waals surface area contributed by atoms with E-state index in [4.69, 9.17) is 4.74 Å². The molecule has 1 N–H and O–H groups in total. The van der Waals surface area contributed by atoms with Gasteiger partial charge in [-0.2, -0.15) is 0 Å². The summed E-state index contributed by atoms with van der Waals surface area (Å²) in [4.78, 5) is 19.4. The molecule has 1 saturated heterocycles. The summed E-state index contributed by atoms with van der Waals surface area (Å²) in [5.41, 5.74) is 2.25. The number of carboxylic acid groups (broad SMARTS) is 1. The molecule has 0 unspecified atom stereocenters. The van der Waals surface area contributed by atoms with E-state index in [-0.39, 0.29) is 12.3 Å². The third-order valence-electron chi connectivity index (χ3n) is 6.51. The maximum atomic E-state index is 11.5. The van der Waals surface area contributed by atoms with Gasteiger partial charge >= 0.3 is 5.97 Å². The second-order valence-electron chi connectivity index (χ2n) is 8.67. The monoisotopic (exact) mass is 462 g/mol. The van der Waals surface area contributed by atoms with E-state index >= 15 is 0 Å². The lowest BCUT2D eigenvalue weighted by Gasteiger charge is -2.37. The average molecular weight is 463 g/mol. The van der Waals surface area contributed by atoms with Gasteiger partial charge in [0.2, 0.25) is 0 Å². The van der Waals surface area contributed by atoms with Crippen LogP contribution in [0.4, 0.5) is 0 Å². The van der Waals surface area contributed by atoms with Gasteiger partial charge in [0, 0.05) is 24.5 Å². The smallest absolute Gasteiger partial charge is 0.303 e. The molecule has 0 aliphatic carbocycles. The maximum absolute atomic E-state index is 11.5. The number of likely N-dealkylation sites (tertiary alicyclic amines) is 1. The highest BCUT2D eigenvalue weighted by Crippen LogP contribution is 2.31. The molecule has 1 aliphatic heterocycles. The first-order valence-electron chi connectivity index (χ1n) is 11.5. The molecule has 6 heteroatoms. The molecule has 1 aromatic carbocycles. The first kappa shape index (κ1) is 23.3. The summed E-state index contributed by atoms with van der Waals surface area (Å²) in [7, 11) is 1.68. The summed E-state index contributed by atoms with van der Waals surface area (Å²) in [6, 6.07) is 12.1. The number of rotatable bonds is 8. The van der Waals surface area contributed by atoms with Gasteiger partial charge in [0.15, 0.2) is 0 Å². The van der Waals surface area contributed by atoms with Crippen LogP contribution >= 0.6 is 11.3 Å². The van der Waals surface area contributed by atoms with Crippen LogP contribution in [0.2, 0.25) is 0 Å². The lowest BCUT2D eigenvalue weighted by molar-refractivity contribution is -0.139. The van der Waals surface area contributed by atoms with Crippen LogP contribution in [0.15, 0.2) is 48.0 Å². The van der Waals surface area contributed by atoms with Crippen LogP contribution in [0.3, 0.4) is 0 Å². The number of hydrogen-bond acceptors (Lipinski definition) is 5. The van der Waals surface area contributed by atoms with Gasteiger partial charge in [-0.25, -0.2) is 0 Å².